The molecule has 1 atom stereocenters. The Kier molecular flexibility index (Phi) is 5.38. The summed E-state index contributed by atoms with van der Waals surface area (Å²) in [4.78, 5) is 28.1. The Balaban J connectivity index is 1.52. The van der Waals surface area contributed by atoms with Crippen LogP contribution in [0.5, 0.6) is 0 Å². The number of nitrogens with zero attached hydrogens (tertiary/aromatic N) is 2. The molecule has 0 bridgehead atoms. The fraction of sp³-hybridized carbons (Fsp3) is 0.579. The second-order valence-corrected chi connectivity index (χ2v) is 6.78. The van der Waals surface area contributed by atoms with Crippen molar-refractivity contribution < 1.29 is 14.3 Å². The lowest BCUT2D eigenvalue weighted by Gasteiger charge is -2.35. The van der Waals surface area contributed by atoms with Gasteiger partial charge in [0.05, 0.1) is 7.11 Å². The van der Waals surface area contributed by atoms with Gasteiger partial charge in [-0.1, -0.05) is 30.3 Å². The predicted molar refractivity (Wildman–Crippen MR) is 91.6 cm³/mol. The van der Waals surface area contributed by atoms with Gasteiger partial charge in [0.2, 0.25) is 5.91 Å². The first-order valence-corrected chi connectivity index (χ1v) is 8.86. The lowest BCUT2D eigenvalue weighted by Crippen LogP contribution is -2.50. The molecule has 2 fully saturated rings. The lowest BCUT2D eigenvalue weighted by molar-refractivity contribution is -0.136. The molecule has 2 amide bonds. The number of carbonyl (C=O) groups excluding carboxylic acids is 2. The molecule has 0 saturated carbocycles. The third-order valence-electron chi connectivity index (χ3n) is 5.24. The molecule has 3 rings (SSSR count). The van der Waals surface area contributed by atoms with E-state index in [9.17, 15) is 9.59 Å². The molecule has 0 radical (unpaired) electrons. The van der Waals surface area contributed by atoms with Crippen LogP contribution < -0.4 is 0 Å². The minimum absolute atomic E-state index is 0.0936. The maximum Gasteiger partial charge on any atom is 0.410 e. The van der Waals surface area contributed by atoms with E-state index in [1.54, 1.807) is 4.90 Å². The van der Waals surface area contributed by atoms with Crippen molar-refractivity contribution in [1.82, 2.24) is 9.80 Å². The molecule has 5 heteroatoms. The van der Waals surface area contributed by atoms with Crippen LogP contribution in [0.25, 0.3) is 0 Å². The largest absolute Gasteiger partial charge is 0.453 e. The summed E-state index contributed by atoms with van der Waals surface area (Å²) in [5.41, 5.74) is 1.37. The minimum Gasteiger partial charge on any atom is -0.453 e. The smallest absolute Gasteiger partial charge is 0.410 e. The van der Waals surface area contributed by atoms with Gasteiger partial charge in [0.25, 0.3) is 0 Å². The SMILES string of the molecule is COC(=O)N1CCCC1C(=O)N1CCC(Cc2ccccc2)CC1. The number of piperidine rings is 1. The second kappa shape index (κ2) is 7.69. The molecule has 1 aromatic carbocycles. The maximum absolute atomic E-state index is 12.8. The second-order valence-electron chi connectivity index (χ2n) is 6.78. The monoisotopic (exact) mass is 330 g/mol. The van der Waals surface area contributed by atoms with E-state index in [2.05, 4.69) is 24.3 Å². The van der Waals surface area contributed by atoms with Crippen molar-refractivity contribution in [2.75, 3.05) is 26.7 Å². The molecule has 2 heterocycles. The number of ether oxygens (including phenoxy) is 1. The summed E-state index contributed by atoms with van der Waals surface area (Å²) in [7, 11) is 1.37. The number of carbonyl (C=O) groups is 2. The summed E-state index contributed by atoms with van der Waals surface area (Å²) in [5, 5.41) is 0. The van der Waals surface area contributed by atoms with Crippen LogP contribution in [0.3, 0.4) is 0 Å². The zero-order valence-corrected chi connectivity index (χ0v) is 14.3. The van der Waals surface area contributed by atoms with Crippen molar-refractivity contribution in [2.45, 2.75) is 38.1 Å². The van der Waals surface area contributed by atoms with Crippen molar-refractivity contribution in [2.24, 2.45) is 5.92 Å². The van der Waals surface area contributed by atoms with Gasteiger partial charge < -0.3 is 9.64 Å². The van der Waals surface area contributed by atoms with Crippen LogP contribution in [0.4, 0.5) is 4.79 Å². The third-order valence-corrected chi connectivity index (χ3v) is 5.24. The van der Waals surface area contributed by atoms with Gasteiger partial charge in [-0.2, -0.15) is 0 Å². The summed E-state index contributed by atoms with van der Waals surface area (Å²) in [6.45, 7) is 2.21. The van der Waals surface area contributed by atoms with Crippen molar-refractivity contribution in [3.05, 3.63) is 35.9 Å². The summed E-state index contributed by atoms with van der Waals surface area (Å²) >= 11 is 0. The first-order chi connectivity index (χ1) is 11.7. The van der Waals surface area contributed by atoms with Gasteiger partial charge in [-0.25, -0.2) is 4.79 Å². The van der Waals surface area contributed by atoms with Crippen LogP contribution >= 0.6 is 0 Å². The first kappa shape index (κ1) is 16.8. The average Bonchev–Trinajstić information content (AvgIpc) is 3.12. The Hall–Kier alpha value is -2.04. The summed E-state index contributed by atoms with van der Waals surface area (Å²) in [6, 6.07) is 10.2. The predicted octanol–water partition coefficient (Wildman–Crippen LogP) is 2.70. The van der Waals surface area contributed by atoms with E-state index >= 15 is 0 Å². The van der Waals surface area contributed by atoms with Gasteiger partial charge in [0, 0.05) is 19.6 Å². The molecule has 5 nitrogen and oxygen atoms in total. The van der Waals surface area contributed by atoms with Gasteiger partial charge in [-0.15, -0.1) is 0 Å². The fourth-order valence-corrected chi connectivity index (χ4v) is 3.87. The van der Waals surface area contributed by atoms with E-state index < -0.39 is 0 Å². The van der Waals surface area contributed by atoms with Crippen molar-refractivity contribution in [3.63, 3.8) is 0 Å². The number of rotatable bonds is 3. The number of hydrogen-bond donors (Lipinski definition) is 0. The van der Waals surface area contributed by atoms with Gasteiger partial charge in [0.1, 0.15) is 6.04 Å². The zero-order chi connectivity index (χ0) is 16.9. The fourth-order valence-electron chi connectivity index (χ4n) is 3.87. The van der Waals surface area contributed by atoms with Crippen LogP contribution in [-0.2, 0) is 16.0 Å². The van der Waals surface area contributed by atoms with Crippen LogP contribution in [0.2, 0.25) is 0 Å². The van der Waals surface area contributed by atoms with E-state index in [4.69, 9.17) is 4.74 Å². The highest BCUT2D eigenvalue weighted by molar-refractivity contribution is 5.86. The van der Waals surface area contributed by atoms with E-state index in [1.165, 1.54) is 12.7 Å². The number of amides is 2. The van der Waals surface area contributed by atoms with E-state index in [0.29, 0.717) is 12.5 Å². The number of hydrogen-bond acceptors (Lipinski definition) is 3. The topological polar surface area (TPSA) is 49.9 Å². The van der Waals surface area contributed by atoms with Gasteiger partial charge in [0.15, 0.2) is 0 Å². The van der Waals surface area contributed by atoms with E-state index in [-0.39, 0.29) is 18.0 Å². The molecule has 0 aromatic heterocycles. The average molecular weight is 330 g/mol. The van der Waals surface area contributed by atoms with Crippen LogP contribution in [-0.4, -0.2) is 54.6 Å². The Morgan fingerprint density at radius 2 is 1.79 bits per heavy atom. The standard InChI is InChI=1S/C19H26N2O3/c1-24-19(23)21-11-5-8-17(21)18(22)20-12-9-16(10-13-20)14-15-6-3-2-4-7-15/h2-4,6-7,16-17H,5,8-14H2,1H3. The molecule has 24 heavy (non-hydrogen) atoms. The summed E-state index contributed by atoms with van der Waals surface area (Å²) < 4.78 is 4.80. The summed E-state index contributed by atoms with van der Waals surface area (Å²) in [5.74, 6) is 0.729. The van der Waals surface area contributed by atoms with Gasteiger partial charge >= 0.3 is 6.09 Å². The molecule has 0 aliphatic carbocycles. The molecule has 2 aliphatic rings. The highest BCUT2D eigenvalue weighted by Gasteiger charge is 2.38. The first-order valence-electron chi connectivity index (χ1n) is 8.86. The number of methoxy groups -OCH3 is 1. The number of likely N-dealkylation sites (tertiary alicyclic amines) is 2. The summed E-state index contributed by atoms with van der Waals surface area (Å²) in [6.07, 6.45) is 4.39. The molecule has 130 valence electrons. The third kappa shape index (κ3) is 3.71. The van der Waals surface area contributed by atoms with Crippen molar-refractivity contribution in [1.29, 1.82) is 0 Å². The van der Waals surface area contributed by atoms with E-state index in [0.717, 1.165) is 45.2 Å². The highest BCUT2D eigenvalue weighted by Crippen LogP contribution is 2.25. The van der Waals surface area contributed by atoms with Crippen molar-refractivity contribution in [3.8, 4) is 0 Å². The van der Waals surface area contributed by atoms with Crippen LogP contribution in [0.1, 0.15) is 31.2 Å². The van der Waals surface area contributed by atoms with Crippen LogP contribution in [0.15, 0.2) is 30.3 Å². The Morgan fingerprint density at radius 1 is 1.08 bits per heavy atom. The quantitative estimate of drug-likeness (QED) is 0.856. The normalized spacial score (nSPS) is 21.8. The van der Waals surface area contributed by atoms with Gasteiger partial charge in [-0.3, -0.25) is 9.69 Å². The molecule has 1 unspecified atom stereocenters. The van der Waals surface area contributed by atoms with E-state index in [1.807, 2.05) is 11.0 Å². The van der Waals surface area contributed by atoms with Gasteiger partial charge in [-0.05, 0) is 43.6 Å². The Morgan fingerprint density at radius 3 is 2.46 bits per heavy atom. The molecule has 0 spiro atoms. The zero-order valence-electron chi connectivity index (χ0n) is 14.3. The Bertz CT molecular complexity index is 567. The maximum atomic E-state index is 12.8. The minimum atomic E-state index is -0.384. The molecule has 2 saturated heterocycles. The number of benzene rings is 1. The van der Waals surface area contributed by atoms with Crippen molar-refractivity contribution >= 4 is 12.0 Å². The lowest BCUT2D eigenvalue weighted by atomic mass is 9.90. The van der Waals surface area contributed by atoms with Crippen LogP contribution in [0, 0.1) is 5.92 Å². The molecule has 1 aromatic rings. The molecule has 2 aliphatic heterocycles. The molecule has 0 N–H and O–H groups in total. The Labute approximate surface area is 143 Å². The molecular formula is C19H26N2O3. The highest BCUT2D eigenvalue weighted by atomic mass is 16.5. The molecular weight excluding hydrogens is 304 g/mol.